The highest BCUT2D eigenvalue weighted by atomic mass is 16.2. The molecule has 1 aliphatic rings. The first-order chi connectivity index (χ1) is 10.6. The number of hydrogen-bond donors (Lipinski definition) is 1. The lowest BCUT2D eigenvalue weighted by Gasteiger charge is -2.33. The number of hydrogen-bond acceptors (Lipinski definition) is 3. The Morgan fingerprint density at radius 2 is 2.32 bits per heavy atom. The maximum Gasteiger partial charge on any atom is 0.317 e. The van der Waals surface area contributed by atoms with Crippen molar-refractivity contribution < 1.29 is 4.79 Å². The summed E-state index contributed by atoms with van der Waals surface area (Å²) in [6.07, 6.45) is 7.47. The average molecular weight is 302 g/mol. The van der Waals surface area contributed by atoms with Crippen LogP contribution in [-0.4, -0.2) is 53.5 Å². The van der Waals surface area contributed by atoms with Gasteiger partial charge in [0.2, 0.25) is 0 Å². The molecule has 1 fully saturated rings. The molecule has 0 aliphatic carbocycles. The van der Waals surface area contributed by atoms with Crippen LogP contribution in [0.25, 0.3) is 0 Å². The van der Waals surface area contributed by atoms with E-state index in [4.69, 9.17) is 0 Å². The van der Waals surface area contributed by atoms with Gasteiger partial charge in [-0.25, -0.2) is 4.79 Å². The predicted octanol–water partition coefficient (Wildman–Crippen LogP) is 2.43. The van der Waals surface area contributed by atoms with Gasteiger partial charge in [0.1, 0.15) is 0 Å². The summed E-state index contributed by atoms with van der Waals surface area (Å²) in [6.45, 7) is 8.74. The van der Waals surface area contributed by atoms with Crippen LogP contribution in [0, 0.1) is 0 Å². The zero-order valence-electron chi connectivity index (χ0n) is 13.5. The van der Waals surface area contributed by atoms with Gasteiger partial charge in [-0.3, -0.25) is 9.88 Å². The van der Waals surface area contributed by atoms with Gasteiger partial charge in [-0.15, -0.1) is 6.58 Å². The molecule has 5 nitrogen and oxygen atoms in total. The van der Waals surface area contributed by atoms with Gasteiger partial charge in [0.05, 0.1) is 6.04 Å². The topological polar surface area (TPSA) is 48.5 Å². The highest BCUT2D eigenvalue weighted by Gasteiger charge is 2.23. The zero-order valence-corrected chi connectivity index (χ0v) is 13.5. The smallest absolute Gasteiger partial charge is 0.317 e. The second-order valence-electron chi connectivity index (χ2n) is 5.89. The standard InChI is InChI=1S/C17H26N4O/c1-4-10-21-11-7-16(8-12-21)19-17(22)20(3)14(2)15-6-5-9-18-13-15/h4-6,9,13-14,16H,1,7-8,10-12H2,2-3H3,(H,19,22). The van der Waals surface area contributed by atoms with Gasteiger partial charge in [0, 0.05) is 45.1 Å². The van der Waals surface area contributed by atoms with Crippen molar-refractivity contribution in [2.75, 3.05) is 26.7 Å². The first-order valence-electron chi connectivity index (χ1n) is 7.88. The van der Waals surface area contributed by atoms with E-state index in [0.29, 0.717) is 0 Å². The fourth-order valence-corrected chi connectivity index (χ4v) is 2.74. The molecule has 0 bridgehead atoms. The molecule has 2 amide bonds. The summed E-state index contributed by atoms with van der Waals surface area (Å²) in [5, 5.41) is 3.15. The minimum absolute atomic E-state index is 0.00885. The monoisotopic (exact) mass is 302 g/mol. The molecule has 2 heterocycles. The number of amides is 2. The van der Waals surface area contributed by atoms with Crippen molar-refractivity contribution >= 4 is 6.03 Å². The van der Waals surface area contributed by atoms with Crippen LogP contribution < -0.4 is 5.32 Å². The van der Waals surface area contributed by atoms with Crippen LogP contribution in [-0.2, 0) is 0 Å². The van der Waals surface area contributed by atoms with E-state index in [1.165, 1.54) is 0 Å². The number of nitrogens with zero attached hydrogens (tertiary/aromatic N) is 3. The molecular formula is C17H26N4O. The SMILES string of the molecule is C=CCN1CCC(NC(=O)N(C)C(C)c2cccnc2)CC1. The molecule has 0 saturated carbocycles. The predicted molar refractivity (Wildman–Crippen MR) is 88.6 cm³/mol. The van der Waals surface area contributed by atoms with Crippen LogP contribution in [0.3, 0.4) is 0 Å². The summed E-state index contributed by atoms with van der Waals surface area (Å²) < 4.78 is 0. The van der Waals surface area contributed by atoms with Crippen molar-refractivity contribution in [3.05, 3.63) is 42.7 Å². The van der Waals surface area contributed by atoms with E-state index in [2.05, 4.69) is 21.8 Å². The van der Waals surface area contributed by atoms with Crippen molar-refractivity contribution in [2.45, 2.75) is 31.8 Å². The van der Waals surface area contributed by atoms with Crippen LogP contribution in [0.15, 0.2) is 37.2 Å². The average Bonchev–Trinajstić information content (AvgIpc) is 2.56. The molecule has 1 aromatic heterocycles. The van der Waals surface area contributed by atoms with E-state index in [1.807, 2.05) is 38.4 Å². The molecule has 1 aromatic rings. The van der Waals surface area contributed by atoms with Gasteiger partial charge >= 0.3 is 6.03 Å². The lowest BCUT2D eigenvalue weighted by Crippen LogP contribution is -2.48. The Hall–Kier alpha value is -1.88. The fourth-order valence-electron chi connectivity index (χ4n) is 2.74. The van der Waals surface area contributed by atoms with E-state index >= 15 is 0 Å². The fraction of sp³-hybridized carbons (Fsp3) is 0.529. The molecule has 2 rings (SSSR count). The van der Waals surface area contributed by atoms with Gasteiger partial charge < -0.3 is 10.2 Å². The number of piperidine rings is 1. The van der Waals surface area contributed by atoms with Crippen LogP contribution in [0.2, 0.25) is 0 Å². The first-order valence-corrected chi connectivity index (χ1v) is 7.88. The van der Waals surface area contributed by atoms with Crippen molar-refractivity contribution in [3.63, 3.8) is 0 Å². The number of aromatic nitrogens is 1. The highest BCUT2D eigenvalue weighted by Crippen LogP contribution is 2.18. The quantitative estimate of drug-likeness (QED) is 0.850. The summed E-state index contributed by atoms with van der Waals surface area (Å²) in [5.74, 6) is 0. The van der Waals surface area contributed by atoms with Crippen molar-refractivity contribution in [2.24, 2.45) is 0 Å². The summed E-state index contributed by atoms with van der Waals surface area (Å²) >= 11 is 0. The van der Waals surface area contributed by atoms with Crippen molar-refractivity contribution in [3.8, 4) is 0 Å². The molecule has 1 unspecified atom stereocenters. The van der Waals surface area contributed by atoms with Gasteiger partial charge in [-0.05, 0) is 31.4 Å². The Morgan fingerprint density at radius 1 is 1.59 bits per heavy atom. The molecule has 1 N–H and O–H groups in total. The third-order valence-corrected chi connectivity index (χ3v) is 4.37. The molecule has 1 atom stereocenters. The van der Waals surface area contributed by atoms with Crippen LogP contribution >= 0.6 is 0 Å². The first kappa shape index (κ1) is 16.5. The lowest BCUT2D eigenvalue weighted by atomic mass is 10.1. The van der Waals surface area contributed by atoms with E-state index in [-0.39, 0.29) is 18.1 Å². The number of carbonyl (C=O) groups excluding carboxylic acids is 1. The van der Waals surface area contributed by atoms with Gasteiger partial charge in [-0.2, -0.15) is 0 Å². The summed E-state index contributed by atoms with van der Waals surface area (Å²) in [7, 11) is 1.83. The molecule has 0 spiro atoms. The number of urea groups is 1. The van der Waals surface area contributed by atoms with E-state index in [1.54, 1.807) is 11.1 Å². The van der Waals surface area contributed by atoms with Crippen molar-refractivity contribution in [1.29, 1.82) is 0 Å². The molecule has 120 valence electrons. The van der Waals surface area contributed by atoms with E-state index < -0.39 is 0 Å². The van der Waals surface area contributed by atoms with Crippen LogP contribution in [0.1, 0.15) is 31.4 Å². The minimum Gasteiger partial charge on any atom is -0.335 e. The second-order valence-corrected chi connectivity index (χ2v) is 5.89. The summed E-state index contributed by atoms with van der Waals surface area (Å²) in [5.41, 5.74) is 1.04. The third-order valence-electron chi connectivity index (χ3n) is 4.37. The minimum atomic E-state index is -0.0153. The summed E-state index contributed by atoms with van der Waals surface area (Å²) in [6, 6.07) is 4.15. The molecule has 1 saturated heterocycles. The molecule has 5 heteroatoms. The van der Waals surface area contributed by atoms with Gasteiger partial charge in [-0.1, -0.05) is 12.1 Å². The van der Waals surface area contributed by atoms with Crippen molar-refractivity contribution in [1.82, 2.24) is 20.1 Å². The number of rotatable bonds is 5. The number of pyridine rings is 1. The largest absolute Gasteiger partial charge is 0.335 e. The molecule has 0 radical (unpaired) electrons. The van der Waals surface area contributed by atoms with E-state index in [0.717, 1.165) is 38.0 Å². The van der Waals surface area contributed by atoms with Crippen LogP contribution in [0.5, 0.6) is 0 Å². The van der Waals surface area contributed by atoms with Gasteiger partial charge in [0.25, 0.3) is 0 Å². The van der Waals surface area contributed by atoms with Gasteiger partial charge in [0.15, 0.2) is 0 Å². The normalized spacial score (nSPS) is 17.7. The number of likely N-dealkylation sites (tertiary alicyclic amines) is 1. The summed E-state index contributed by atoms with van der Waals surface area (Å²) in [4.78, 5) is 20.6. The zero-order chi connectivity index (χ0) is 15.9. The Morgan fingerprint density at radius 3 is 2.91 bits per heavy atom. The maximum atomic E-state index is 12.4. The number of nitrogens with one attached hydrogen (secondary N) is 1. The molecular weight excluding hydrogens is 276 g/mol. The Labute approximate surface area is 133 Å². The third kappa shape index (κ3) is 4.31. The Bertz CT molecular complexity index is 483. The Balaban J connectivity index is 1.83. The maximum absolute atomic E-state index is 12.4. The highest BCUT2D eigenvalue weighted by molar-refractivity contribution is 5.74. The second kappa shape index (κ2) is 7.94. The molecule has 1 aliphatic heterocycles. The lowest BCUT2D eigenvalue weighted by molar-refractivity contribution is 0.174. The van der Waals surface area contributed by atoms with Crippen LogP contribution in [0.4, 0.5) is 4.79 Å². The van der Waals surface area contributed by atoms with E-state index in [9.17, 15) is 4.79 Å². The molecule has 0 aromatic carbocycles. The molecule has 22 heavy (non-hydrogen) atoms. The Kier molecular flexibility index (Phi) is 5.95. The number of carbonyl (C=O) groups is 1.